The number of hydrogen-bond donors (Lipinski definition) is 0. The second-order valence-corrected chi connectivity index (χ2v) is 18.4. The predicted octanol–water partition coefficient (Wildman–Crippen LogP) is -0.396. The molecule has 2 unspecified atom stereocenters. The van der Waals surface area contributed by atoms with E-state index in [2.05, 4.69) is 66.8 Å². The van der Waals surface area contributed by atoms with Gasteiger partial charge in [-0.3, -0.25) is 0 Å². The standard InChI is InChI=1S/2C8H11.C2H6Si.2ClH.Ti/c2*1-6-4-7(2)8(3)5-6;1-3-2;;;/h4,8H,1-3H3;4,6H,1-3H3;1-2H3;2*1H;/q;;;;;+2/p-2. The van der Waals surface area contributed by atoms with Crippen LogP contribution in [0.15, 0.2) is 42.2 Å². The quantitative estimate of drug-likeness (QED) is 0.563. The summed E-state index contributed by atoms with van der Waals surface area (Å²) in [7, 11) is 0. The zero-order valence-electron chi connectivity index (χ0n) is 15.1. The van der Waals surface area contributed by atoms with E-state index in [1.54, 1.807) is 16.7 Å². The fraction of sp³-hybridized carbons (Fsp3) is 0.556. The first-order chi connectivity index (χ1) is 9.25. The van der Waals surface area contributed by atoms with Crippen molar-refractivity contribution in [3.8, 4) is 0 Å². The third-order valence-electron chi connectivity index (χ3n) is 4.97. The van der Waals surface area contributed by atoms with E-state index in [1.807, 2.05) is 7.76 Å². The maximum absolute atomic E-state index is 2.56. The molecule has 0 spiro atoms. The van der Waals surface area contributed by atoms with Crippen molar-refractivity contribution in [2.45, 2.75) is 54.6 Å². The SMILES string of the molecule is CC1=CC(C)[C]([Ti+2]([C]2=C(C)C=C(C)C2C)=[Si](C)C)=C1C.[Cl-].[Cl-]. The minimum Gasteiger partial charge on any atom is -1.00 e. The Balaban J connectivity index is 0.00000220. The van der Waals surface area contributed by atoms with E-state index < -0.39 is 16.6 Å². The molecule has 0 N–H and O–H groups in total. The van der Waals surface area contributed by atoms with E-state index in [1.165, 1.54) is 5.57 Å². The van der Waals surface area contributed by atoms with Crippen molar-refractivity contribution in [1.29, 1.82) is 0 Å². The molecule has 0 radical (unpaired) electrons. The van der Waals surface area contributed by atoms with Gasteiger partial charge in [-0.1, -0.05) is 0 Å². The van der Waals surface area contributed by atoms with E-state index in [9.17, 15) is 0 Å². The van der Waals surface area contributed by atoms with Crippen LogP contribution in [0, 0.1) is 11.8 Å². The van der Waals surface area contributed by atoms with Gasteiger partial charge in [0.25, 0.3) is 0 Å². The molecular weight excluding hydrogens is 363 g/mol. The summed E-state index contributed by atoms with van der Waals surface area (Å²) >= 11 is -1.30. The largest absolute Gasteiger partial charge is 1.00 e. The van der Waals surface area contributed by atoms with Gasteiger partial charge in [0.05, 0.1) is 0 Å². The molecule has 122 valence electrons. The minimum absolute atomic E-state index is 0. The summed E-state index contributed by atoms with van der Waals surface area (Å²) in [4.78, 5) is 0. The van der Waals surface area contributed by atoms with Crippen molar-refractivity contribution in [3.05, 3.63) is 42.2 Å². The van der Waals surface area contributed by atoms with Gasteiger partial charge in [-0.25, -0.2) is 0 Å². The molecule has 0 aliphatic heterocycles. The van der Waals surface area contributed by atoms with E-state index in [-0.39, 0.29) is 31.0 Å². The Morgan fingerprint density at radius 1 is 0.955 bits per heavy atom. The van der Waals surface area contributed by atoms with Crippen LogP contribution in [0.1, 0.15) is 41.5 Å². The Morgan fingerprint density at radius 2 is 1.50 bits per heavy atom. The first kappa shape index (κ1) is 22.5. The molecule has 2 aliphatic carbocycles. The smallest absolute Gasteiger partial charge is 1.00 e. The van der Waals surface area contributed by atoms with Gasteiger partial charge in [-0.15, -0.1) is 0 Å². The van der Waals surface area contributed by atoms with Gasteiger partial charge in [0.15, 0.2) is 0 Å². The number of allylic oxidation sites excluding steroid dienone is 8. The van der Waals surface area contributed by atoms with Gasteiger partial charge >= 0.3 is 131 Å². The number of hydrogen-bond acceptors (Lipinski definition) is 0. The molecule has 2 aliphatic rings. The molecule has 2 atom stereocenters. The third kappa shape index (κ3) is 3.92. The molecule has 2 rings (SSSR count). The third-order valence-corrected chi connectivity index (χ3v) is 17.2. The summed E-state index contributed by atoms with van der Waals surface area (Å²) in [5.74, 6) is 1.40. The van der Waals surface area contributed by atoms with Crippen molar-refractivity contribution in [1.82, 2.24) is 0 Å². The van der Waals surface area contributed by atoms with Gasteiger partial charge in [0, 0.05) is 0 Å². The van der Waals surface area contributed by atoms with Crippen molar-refractivity contribution in [2.24, 2.45) is 11.8 Å². The van der Waals surface area contributed by atoms with Crippen molar-refractivity contribution in [2.75, 3.05) is 0 Å². The van der Waals surface area contributed by atoms with E-state index in [0.717, 1.165) is 0 Å². The first-order valence-corrected chi connectivity index (χ1v) is 14.1. The number of halogens is 2. The molecule has 0 aromatic carbocycles. The van der Waals surface area contributed by atoms with Crippen LogP contribution >= 0.6 is 0 Å². The van der Waals surface area contributed by atoms with Crippen LogP contribution in [-0.4, -0.2) is 6.19 Å². The van der Waals surface area contributed by atoms with E-state index >= 15 is 0 Å². The minimum atomic E-state index is -1.30. The maximum Gasteiger partial charge on any atom is -1.00 e. The predicted molar refractivity (Wildman–Crippen MR) is 88.7 cm³/mol. The van der Waals surface area contributed by atoms with Gasteiger partial charge < -0.3 is 24.8 Å². The summed E-state index contributed by atoms with van der Waals surface area (Å²) in [5, 5.41) is 0. The molecule has 0 saturated heterocycles. The topological polar surface area (TPSA) is 0 Å². The molecule has 0 aromatic rings. The fourth-order valence-corrected chi connectivity index (χ4v) is 17.3. The summed E-state index contributed by atoms with van der Waals surface area (Å²) in [6.45, 7) is 19.3. The van der Waals surface area contributed by atoms with Crippen LogP contribution in [0.4, 0.5) is 0 Å². The Bertz CT molecular complexity index is 617. The van der Waals surface area contributed by atoms with Crippen LogP contribution in [0.3, 0.4) is 0 Å². The molecule has 22 heavy (non-hydrogen) atoms. The molecule has 0 amide bonds. The van der Waals surface area contributed by atoms with Gasteiger partial charge in [0.1, 0.15) is 0 Å². The van der Waals surface area contributed by atoms with Gasteiger partial charge in [-0.05, 0) is 0 Å². The summed E-state index contributed by atoms with van der Waals surface area (Å²) in [6, 6.07) is 0. The summed E-state index contributed by atoms with van der Waals surface area (Å²) < 4.78 is 3.76. The van der Waals surface area contributed by atoms with E-state index in [0.29, 0.717) is 11.8 Å². The molecule has 0 aromatic heterocycles. The van der Waals surface area contributed by atoms with Crippen molar-refractivity contribution in [3.63, 3.8) is 0 Å². The molecular formula is C18H28Cl2SiTi. The molecule has 0 saturated carbocycles. The normalized spacial score (nSPS) is 23.4. The monoisotopic (exact) mass is 390 g/mol. The second kappa shape index (κ2) is 8.53. The Hall–Kier alpha value is 0.471. The first-order valence-electron chi connectivity index (χ1n) is 7.72. The summed E-state index contributed by atoms with van der Waals surface area (Å²) in [5.41, 5.74) is 6.36. The van der Waals surface area contributed by atoms with Crippen LogP contribution in [0.25, 0.3) is 0 Å². The Labute approximate surface area is 155 Å². The average Bonchev–Trinajstić information content (AvgIpc) is 2.72. The average molecular weight is 391 g/mol. The van der Waals surface area contributed by atoms with Crippen LogP contribution in [0.5, 0.6) is 0 Å². The van der Waals surface area contributed by atoms with Crippen LogP contribution in [0.2, 0.25) is 13.1 Å². The Morgan fingerprint density at radius 3 is 1.82 bits per heavy atom. The summed E-state index contributed by atoms with van der Waals surface area (Å²) in [6.07, 6.45) is 4.72. The molecule has 0 bridgehead atoms. The second-order valence-electron chi connectivity index (χ2n) is 6.76. The molecule has 0 heterocycles. The number of rotatable bonds is 2. The van der Waals surface area contributed by atoms with Crippen LogP contribution < -0.4 is 24.8 Å². The fourth-order valence-electron chi connectivity index (χ4n) is 3.76. The van der Waals surface area contributed by atoms with Crippen molar-refractivity contribution < 1.29 is 41.4 Å². The Kier molecular flexibility index (Phi) is 8.72. The van der Waals surface area contributed by atoms with Gasteiger partial charge in [-0.2, -0.15) is 0 Å². The van der Waals surface area contributed by atoms with Crippen LogP contribution in [-0.2, 0) is 16.6 Å². The zero-order valence-corrected chi connectivity index (χ0v) is 19.1. The maximum atomic E-state index is 2.56. The molecule has 0 nitrogen and oxygen atoms in total. The molecule has 4 heteroatoms. The molecule has 0 fully saturated rings. The van der Waals surface area contributed by atoms with Crippen molar-refractivity contribution >= 4 is 6.19 Å². The van der Waals surface area contributed by atoms with E-state index in [4.69, 9.17) is 0 Å². The zero-order chi connectivity index (χ0) is 15.2. The van der Waals surface area contributed by atoms with Gasteiger partial charge in [0.2, 0.25) is 0 Å².